The molecule has 13 nitrogen and oxygen atoms in total. The molecular formula is C50H52F8N6O7Si. The van der Waals surface area contributed by atoms with Crippen LogP contribution in [0.4, 0.5) is 35.1 Å². The topological polar surface area (TPSA) is 175 Å². The lowest BCUT2D eigenvalue weighted by Gasteiger charge is -2.36. The third-order valence-electron chi connectivity index (χ3n) is 12.9. The molecule has 0 amide bonds. The monoisotopic (exact) mass is 1030 g/mol. The lowest BCUT2D eigenvalue weighted by Crippen LogP contribution is -2.43. The number of hydrogen-bond donors (Lipinski definition) is 3. The van der Waals surface area contributed by atoms with Crippen molar-refractivity contribution in [2.24, 2.45) is 10.8 Å². The Morgan fingerprint density at radius 2 is 1.21 bits per heavy atom. The molecule has 0 spiro atoms. The molecule has 72 heavy (non-hydrogen) atoms. The summed E-state index contributed by atoms with van der Waals surface area (Å²) in [6.07, 6.45) is -0.932. The normalized spacial score (nSPS) is 15.2. The summed E-state index contributed by atoms with van der Waals surface area (Å²) in [4.78, 5) is 40.9. The Labute approximate surface area is 409 Å². The number of nitrogens with zero attached hydrogens (tertiary/aromatic N) is 5. The zero-order valence-corrected chi connectivity index (χ0v) is 40.9. The fourth-order valence-corrected chi connectivity index (χ4v) is 8.80. The Morgan fingerprint density at radius 1 is 0.708 bits per heavy atom. The quantitative estimate of drug-likeness (QED) is 0.0450. The number of aromatic nitrogens is 6. The van der Waals surface area contributed by atoms with Gasteiger partial charge < -0.3 is 34.0 Å². The Kier molecular flexibility index (Phi) is 15.4. The highest BCUT2D eigenvalue weighted by atomic mass is 28.3. The number of aromatic amines is 1. The molecule has 0 bridgehead atoms. The molecule has 0 aliphatic heterocycles. The predicted octanol–water partition coefficient (Wildman–Crippen LogP) is 12.3. The first-order valence-corrected chi connectivity index (χ1v) is 26.6. The average Bonchev–Trinajstić information content (AvgIpc) is 3.93. The van der Waals surface area contributed by atoms with Crippen LogP contribution in [-0.2, 0) is 33.4 Å². The van der Waals surface area contributed by atoms with E-state index in [9.17, 15) is 50.5 Å². The van der Waals surface area contributed by atoms with Crippen LogP contribution in [0.15, 0.2) is 73.3 Å². The van der Waals surface area contributed by atoms with Crippen molar-refractivity contribution in [3.63, 3.8) is 0 Å². The van der Waals surface area contributed by atoms with Crippen molar-refractivity contribution in [3.05, 3.63) is 107 Å². The minimum absolute atomic E-state index is 0.0197. The highest BCUT2D eigenvalue weighted by molar-refractivity contribution is 6.76. The number of carboxylic acids is 2. The zero-order valence-electron chi connectivity index (χ0n) is 39.9. The molecule has 4 aromatic heterocycles. The molecule has 2 aliphatic rings. The Hall–Kier alpha value is -6.68. The zero-order chi connectivity index (χ0) is 52.4. The molecule has 0 saturated heterocycles. The molecule has 3 N–H and O–H groups in total. The SMILES string of the molecule is Cc1cc(OCC2(C(=O)O)CCC2)ncc1-c1ccc(-c2nc(C(F)(F)F)cn2COCC[Si](C)(C)C)c(F)c1.Cc1cc(OCC2(C(=O)O)CCC2)ncc1-c1ccc(-c2ncc(C(F)(F)F)[nH]2)c(F)c1. The number of imidazole rings is 2. The van der Waals surface area contributed by atoms with Crippen LogP contribution >= 0.6 is 0 Å². The average molecular weight is 1030 g/mol. The van der Waals surface area contributed by atoms with E-state index < -0.39 is 66.2 Å². The lowest BCUT2D eigenvalue weighted by atomic mass is 9.69. The third-order valence-corrected chi connectivity index (χ3v) is 14.6. The molecule has 6 aromatic rings. The second kappa shape index (κ2) is 20.8. The third kappa shape index (κ3) is 12.1. The van der Waals surface area contributed by atoms with Crippen LogP contribution in [-0.4, -0.2) is 79.5 Å². The molecule has 2 saturated carbocycles. The van der Waals surface area contributed by atoms with E-state index in [0.717, 1.165) is 30.6 Å². The van der Waals surface area contributed by atoms with Gasteiger partial charge in [-0.15, -0.1) is 0 Å². The van der Waals surface area contributed by atoms with Crippen molar-refractivity contribution >= 4 is 20.0 Å². The molecule has 2 aliphatic carbocycles. The first kappa shape index (κ1) is 53.1. The summed E-state index contributed by atoms with van der Waals surface area (Å²) >= 11 is 0. The molecule has 4 heterocycles. The number of H-pyrrole nitrogens is 1. The van der Waals surface area contributed by atoms with Crippen molar-refractivity contribution in [2.75, 3.05) is 19.8 Å². The molecular weight excluding hydrogens is 977 g/mol. The van der Waals surface area contributed by atoms with Crippen LogP contribution in [0.2, 0.25) is 25.7 Å². The van der Waals surface area contributed by atoms with Crippen molar-refractivity contribution in [3.8, 4) is 56.8 Å². The largest absolute Gasteiger partial charge is 0.481 e. The summed E-state index contributed by atoms with van der Waals surface area (Å²) < 4.78 is 127. The van der Waals surface area contributed by atoms with E-state index in [2.05, 4.69) is 44.6 Å². The van der Waals surface area contributed by atoms with E-state index in [0.29, 0.717) is 66.3 Å². The molecule has 22 heteroatoms. The van der Waals surface area contributed by atoms with Crippen LogP contribution < -0.4 is 9.47 Å². The molecule has 2 fully saturated rings. The number of carbonyl (C=O) groups is 2. The highest BCUT2D eigenvalue weighted by Crippen LogP contribution is 2.43. The number of rotatable bonds is 17. The summed E-state index contributed by atoms with van der Waals surface area (Å²) in [7, 11) is -1.40. The number of nitrogens with one attached hydrogen (secondary N) is 1. The van der Waals surface area contributed by atoms with Gasteiger partial charge in [-0.05, 0) is 92.1 Å². The maximum Gasteiger partial charge on any atom is 0.434 e. The van der Waals surface area contributed by atoms with Gasteiger partial charge in [0.2, 0.25) is 11.8 Å². The number of aryl methyl sites for hydroxylation is 2. The fourth-order valence-electron chi connectivity index (χ4n) is 8.04. The van der Waals surface area contributed by atoms with Crippen molar-refractivity contribution in [1.29, 1.82) is 0 Å². The molecule has 8 rings (SSSR count). The van der Waals surface area contributed by atoms with Gasteiger partial charge in [0.25, 0.3) is 0 Å². The number of carboxylic acid groups (broad SMARTS) is 2. The summed E-state index contributed by atoms with van der Waals surface area (Å²) in [5.41, 5.74) is -0.518. The first-order valence-electron chi connectivity index (χ1n) is 22.9. The number of ether oxygens (including phenoxy) is 3. The van der Waals surface area contributed by atoms with E-state index in [-0.39, 0.29) is 54.5 Å². The summed E-state index contributed by atoms with van der Waals surface area (Å²) in [5.74, 6) is -3.11. The van der Waals surface area contributed by atoms with Gasteiger partial charge >= 0.3 is 24.3 Å². The van der Waals surface area contributed by atoms with Gasteiger partial charge in [-0.3, -0.25) is 9.59 Å². The van der Waals surface area contributed by atoms with Crippen molar-refractivity contribution < 1.29 is 69.1 Å². The van der Waals surface area contributed by atoms with E-state index in [1.807, 2.05) is 0 Å². The van der Waals surface area contributed by atoms with Crippen LogP contribution in [0.25, 0.3) is 45.0 Å². The van der Waals surface area contributed by atoms with Crippen LogP contribution in [0.1, 0.15) is 61.0 Å². The Morgan fingerprint density at radius 3 is 1.60 bits per heavy atom. The number of alkyl halides is 6. The van der Waals surface area contributed by atoms with Gasteiger partial charge in [0, 0.05) is 56.5 Å². The number of pyridine rings is 2. The van der Waals surface area contributed by atoms with Gasteiger partial charge in [-0.1, -0.05) is 44.6 Å². The second-order valence-corrected chi connectivity index (χ2v) is 25.0. The first-order chi connectivity index (χ1) is 33.8. The van der Waals surface area contributed by atoms with Crippen LogP contribution in [0.3, 0.4) is 0 Å². The number of hydrogen-bond acceptors (Lipinski definition) is 9. The number of aliphatic carboxylic acids is 2. The van der Waals surface area contributed by atoms with Gasteiger partial charge in [-0.25, -0.2) is 28.7 Å². The summed E-state index contributed by atoms with van der Waals surface area (Å²) in [6, 6.07) is 12.4. The fraction of sp³-hybridized carbons (Fsp3) is 0.400. The van der Waals surface area contributed by atoms with Gasteiger partial charge in [0.15, 0.2) is 5.69 Å². The van der Waals surface area contributed by atoms with E-state index in [1.54, 1.807) is 38.1 Å². The molecule has 0 unspecified atom stereocenters. The summed E-state index contributed by atoms with van der Waals surface area (Å²) in [5, 5.41) is 18.9. The molecule has 0 radical (unpaired) electrons. The highest BCUT2D eigenvalue weighted by Gasteiger charge is 2.46. The van der Waals surface area contributed by atoms with Crippen LogP contribution in [0.5, 0.6) is 11.8 Å². The minimum Gasteiger partial charge on any atom is -0.481 e. The maximum atomic E-state index is 15.4. The predicted molar refractivity (Wildman–Crippen MR) is 250 cm³/mol. The smallest absolute Gasteiger partial charge is 0.434 e. The maximum absolute atomic E-state index is 15.4. The number of benzene rings is 2. The molecule has 384 valence electrons. The molecule has 0 atom stereocenters. The Balaban J connectivity index is 0.000000216. The van der Waals surface area contributed by atoms with E-state index >= 15 is 4.39 Å². The Bertz CT molecular complexity index is 2940. The summed E-state index contributed by atoms with van der Waals surface area (Å²) in [6.45, 7) is 10.3. The number of halogens is 8. The lowest BCUT2D eigenvalue weighted by molar-refractivity contribution is -0.158. The molecule has 2 aromatic carbocycles. The van der Waals surface area contributed by atoms with Crippen LogP contribution in [0, 0.1) is 36.3 Å². The van der Waals surface area contributed by atoms with Crippen molar-refractivity contribution in [2.45, 2.75) is 97.1 Å². The van der Waals surface area contributed by atoms with Gasteiger partial charge in [0.05, 0.1) is 17.3 Å². The van der Waals surface area contributed by atoms with Gasteiger partial charge in [0.1, 0.15) is 59.8 Å². The second-order valence-electron chi connectivity index (χ2n) is 19.4. The van der Waals surface area contributed by atoms with Gasteiger partial charge in [-0.2, -0.15) is 26.3 Å². The van der Waals surface area contributed by atoms with E-state index in [1.165, 1.54) is 41.2 Å². The standard InChI is InChI=1S/C28H33F4N3O4Si.C22H19F4N3O3/c1-18-12-24(39-16-27(26(36)37)8-5-9-27)33-14-21(18)19-6-7-20(22(29)13-19)25-34-23(28(30,31)32)15-35(25)17-38-10-11-40(2,3)4;1-12-7-18(32-11-21(20(30)31)5-2-6-21)27-9-15(12)13-3-4-14(16(23)8-13)19-28-10-17(29-19)22(24,25)26/h6-7,12-15H,5,8-11,16-17H2,1-4H3,(H,36,37);3-4,7-10H,2,5-6,11H2,1H3,(H,28,29)(H,30,31). The van der Waals surface area contributed by atoms with Crippen molar-refractivity contribution in [1.82, 2.24) is 29.5 Å². The minimum atomic E-state index is -4.69. The van der Waals surface area contributed by atoms with E-state index in [4.69, 9.17) is 14.2 Å².